The number of hydrogen-bond acceptors (Lipinski definition) is 5. The van der Waals surface area contributed by atoms with Crippen LogP contribution in [0.4, 0.5) is 0 Å². The van der Waals surface area contributed by atoms with Crippen LogP contribution >= 0.6 is 11.6 Å². The average molecular weight is 414 g/mol. The van der Waals surface area contributed by atoms with Crippen molar-refractivity contribution < 1.29 is 9.90 Å². The number of halogens is 1. The van der Waals surface area contributed by atoms with Crippen LogP contribution in [0, 0.1) is 0 Å². The van der Waals surface area contributed by atoms with Gasteiger partial charge in [0.15, 0.2) is 11.4 Å². The molecular weight excluding hydrogens is 390 g/mol. The van der Waals surface area contributed by atoms with Gasteiger partial charge in [0, 0.05) is 36.9 Å². The number of aliphatic imine (C=N–C) groups is 1. The van der Waals surface area contributed by atoms with Gasteiger partial charge >= 0.3 is 5.97 Å². The monoisotopic (exact) mass is 413 g/mol. The molecule has 2 heterocycles. The number of carbonyl (C=O) groups is 1. The molecule has 7 nitrogen and oxygen atoms in total. The predicted octanol–water partition coefficient (Wildman–Crippen LogP) is 2.75. The van der Waals surface area contributed by atoms with E-state index in [4.69, 9.17) is 11.6 Å². The predicted molar refractivity (Wildman–Crippen MR) is 111 cm³/mol. The highest BCUT2D eigenvalue weighted by Gasteiger charge is 2.51. The maximum atomic E-state index is 11.7. The van der Waals surface area contributed by atoms with Crippen LogP contribution in [0.3, 0.4) is 0 Å². The van der Waals surface area contributed by atoms with E-state index in [1.54, 1.807) is 12.3 Å². The van der Waals surface area contributed by atoms with E-state index in [1.807, 2.05) is 30.3 Å². The number of rotatable bonds is 6. The first-order chi connectivity index (χ1) is 14.1. The Bertz CT molecular complexity index is 893. The third-order valence-electron chi connectivity index (χ3n) is 5.58. The first-order valence-corrected chi connectivity index (χ1v) is 10.3. The number of carboxylic acid groups (broad SMARTS) is 1. The molecule has 2 aliphatic rings. The van der Waals surface area contributed by atoms with Crippen molar-refractivity contribution in [2.45, 2.75) is 43.8 Å². The van der Waals surface area contributed by atoms with Crippen molar-refractivity contribution in [3.63, 3.8) is 0 Å². The van der Waals surface area contributed by atoms with Gasteiger partial charge in [-0.25, -0.2) is 9.79 Å². The van der Waals surface area contributed by atoms with Crippen molar-refractivity contribution in [3.8, 4) is 0 Å². The summed E-state index contributed by atoms with van der Waals surface area (Å²) in [7, 11) is 0. The number of nitrogens with one attached hydrogen (secondary N) is 1. The van der Waals surface area contributed by atoms with Gasteiger partial charge in [0.25, 0.3) is 0 Å². The highest BCUT2D eigenvalue weighted by molar-refractivity contribution is 6.31. The van der Waals surface area contributed by atoms with Crippen molar-refractivity contribution in [1.29, 1.82) is 0 Å². The number of aliphatic carboxylic acids is 1. The lowest BCUT2D eigenvalue weighted by Gasteiger charge is -2.34. The van der Waals surface area contributed by atoms with E-state index in [0.29, 0.717) is 30.4 Å². The molecule has 2 fully saturated rings. The second-order valence-corrected chi connectivity index (χ2v) is 8.02. The fourth-order valence-corrected chi connectivity index (χ4v) is 3.80. The van der Waals surface area contributed by atoms with Gasteiger partial charge in [-0.2, -0.15) is 5.10 Å². The Balaban J connectivity index is 1.43. The van der Waals surface area contributed by atoms with Gasteiger partial charge in [-0.1, -0.05) is 29.8 Å². The maximum absolute atomic E-state index is 11.7. The molecule has 0 radical (unpaired) electrons. The Morgan fingerprint density at radius 2 is 2.00 bits per heavy atom. The summed E-state index contributed by atoms with van der Waals surface area (Å²) in [5.74, 6) is -0.224. The molecule has 29 heavy (non-hydrogen) atoms. The van der Waals surface area contributed by atoms with E-state index >= 15 is 0 Å². The minimum Gasteiger partial charge on any atom is -0.479 e. The smallest absolute Gasteiger partial charge is 0.331 e. The summed E-state index contributed by atoms with van der Waals surface area (Å²) in [6, 6.07) is 11.9. The van der Waals surface area contributed by atoms with Crippen LogP contribution in [0.25, 0.3) is 0 Å². The van der Waals surface area contributed by atoms with Crippen LogP contribution in [-0.4, -0.2) is 56.7 Å². The summed E-state index contributed by atoms with van der Waals surface area (Å²) in [5.41, 5.74) is 0.726. The Morgan fingerprint density at radius 3 is 2.62 bits per heavy atom. The molecule has 8 heteroatoms. The highest BCUT2D eigenvalue weighted by atomic mass is 35.5. The first-order valence-electron chi connectivity index (χ1n) is 9.90. The van der Waals surface area contributed by atoms with E-state index in [-0.39, 0.29) is 0 Å². The summed E-state index contributed by atoms with van der Waals surface area (Å²) in [6.45, 7) is 2.30. The van der Waals surface area contributed by atoms with E-state index < -0.39 is 11.5 Å². The van der Waals surface area contributed by atoms with Gasteiger partial charge < -0.3 is 15.3 Å². The molecule has 0 spiro atoms. The van der Waals surface area contributed by atoms with Crippen LogP contribution in [0.2, 0.25) is 5.02 Å². The topological polar surface area (TPSA) is 90.7 Å². The molecule has 0 atom stereocenters. The Kier molecular flexibility index (Phi) is 5.78. The van der Waals surface area contributed by atoms with Gasteiger partial charge in [0.2, 0.25) is 0 Å². The molecule has 0 amide bonds. The lowest BCUT2D eigenvalue weighted by atomic mass is 10.0. The molecule has 1 aromatic carbocycles. The van der Waals surface area contributed by atoms with E-state index in [2.05, 4.69) is 25.4 Å². The van der Waals surface area contributed by atoms with Crippen molar-refractivity contribution >= 4 is 23.4 Å². The van der Waals surface area contributed by atoms with Crippen LogP contribution in [0.5, 0.6) is 0 Å². The molecule has 2 aromatic rings. The van der Waals surface area contributed by atoms with Crippen LogP contribution in [0.15, 0.2) is 47.6 Å². The van der Waals surface area contributed by atoms with E-state index in [0.717, 1.165) is 43.1 Å². The molecule has 152 valence electrons. The largest absolute Gasteiger partial charge is 0.479 e. The van der Waals surface area contributed by atoms with Gasteiger partial charge in [-0.3, -0.25) is 0 Å². The van der Waals surface area contributed by atoms with Crippen LogP contribution in [0.1, 0.15) is 36.9 Å². The van der Waals surface area contributed by atoms with Crippen molar-refractivity contribution in [1.82, 2.24) is 20.4 Å². The number of hydrogen-bond donors (Lipinski definition) is 2. The number of piperidine rings is 1. The summed E-state index contributed by atoms with van der Waals surface area (Å²) in [6.07, 6.45) is 4.62. The fourth-order valence-electron chi connectivity index (χ4n) is 3.60. The molecule has 0 bridgehead atoms. The Labute approximate surface area is 174 Å². The molecule has 1 aromatic heterocycles. The lowest BCUT2D eigenvalue weighted by Crippen LogP contribution is -2.46. The molecule has 1 saturated heterocycles. The molecule has 1 saturated carbocycles. The Hall–Kier alpha value is -2.51. The second-order valence-electron chi connectivity index (χ2n) is 7.61. The van der Waals surface area contributed by atoms with Crippen LogP contribution < -0.4 is 5.32 Å². The fraction of sp³-hybridized carbons (Fsp3) is 0.429. The summed E-state index contributed by atoms with van der Waals surface area (Å²) < 4.78 is 0. The average Bonchev–Trinajstić information content (AvgIpc) is 3.54. The summed E-state index contributed by atoms with van der Waals surface area (Å²) in [5, 5.41) is 22.1. The molecule has 1 aliphatic carbocycles. The number of benzene rings is 1. The molecule has 4 rings (SSSR count). The standard InChI is InChI=1S/C21H24ClN5O2/c22-17-5-2-1-4-15(17)14-23-16-7-12-27(13-8-16)19(18-6-3-11-24-26-18)25-21(9-10-21)20(28)29/h1-6,11,16,23H,7-10,12-14H2,(H,28,29). The van der Waals surface area contributed by atoms with Gasteiger partial charge in [-0.05, 0) is 49.4 Å². The van der Waals surface area contributed by atoms with E-state index in [9.17, 15) is 9.90 Å². The first kappa shape index (κ1) is 19.8. The third kappa shape index (κ3) is 4.57. The van der Waals surface area contributed by atoms with Crippen molar-refractivity contribution in [2.75, 3.05) is 13.1 Å². The molecular formula is C21H24ClN5O2. The molecule has 0 unspecified atom stereocenters. The van der Waals surface area contributed by atoms with E-state index in [1.165, 1.54) is 0 Å². The molecule has 2 N–H and O–H groups in total. The SMILES string of the molecule is O=C(O)C1(N=C(c2cccnn2)N2CCC(NCc3ccccc3Cl)CC2)CC1. The number of carboxylic acids is 1. The molecule has 1 aliphatic heterocycles. The van der Waals surface area contributed by atoms with Crippen LogP contribution in [-0.2, 0) is 11.3 Å². The minimum atomic E-state index is -0.994. The minimum absolute atomic E-state index is 0.375. The number of nitrogens with zero attached hydrogens (tertiary/aromatic N) is 4. The highest BCUT2D eigenvalue weighted by Crippen LogP contribution is 2.40. The number of aromatic nitrogens is 2. The lowest BCUT2D eigenvalue weighted by molar-refractivity contribution is -0.139. The Morgan fingerprint density at radius 1 is 1.24 bits per heavy atom. The normalized spacial score (nSPS) is 19.2. The van der Waals surface area contributed by atoms with Gasteiger partial charge in [0.1, 0.15) is 5.69 Å². The van der Waals surface area contributed by atoms with Gasteiger partial charge in [-0.15, -0.1) is 5.10 Å². The number of likely N-dealkylation sites (tertiary alicyclic amines) is 1. The quantitative estimate of drug-likeness (QED) is 0.559. The number of amidine groups is 1. The van der Waals surface area contributed by atoms with Gasteiger partial charge in [0.05, 0.1) is 0 Å². The van der Waals surface area contributed by atoms with Crippen molar-refractivity contribution in [2.24, 2.45) is 4.99 Å². The zero-order valence-corrected chi connectivity index (χ0v) is 16.8. The van der Waals surface area contributed by atoms with Crippen molar-refractivity contribution in [3.05, 3.63) is 58.9 Å². The second kappa shape index (κ2) is 8.47. The maximum Gasteiger partial charge on any atom is 0.331 e. The summed E-state index contributed by atoms with van der Waals surface area (Å²) >= 11 is 6.24. The zero-order chi connectivity index (χ0) is 20.3. The zero-order valence-electron chi connectivity index (χ0n) is 16.1. The summed E-state index contributed by atoms with van der Waals surface area (Å²) in [4.78, 5) is 18.4. The third-order valence-corrected chi connectivity index (χ3v) is 5.95.